The Balaban J connectivity index is 3.58. The summed E-state index contributed by atoms with van der Waals surface area (Å²) in [5.41, 5.74) is 0. The third-order valence-corrected chi connectivity index (χ3v) is 6.74. The van der Waals surface area contributed by atoms with E-state index in [1.54, 1.807) is 0 Å². The molecule has 34 heavy (non-hydrogen) atoms. The number of nitrogens with one attached hydrogen (secondary N) is 1. The normalized spacial score (nSPS) is 12.3. The van der Waals surface area contributed by atoms with Crippen LogP contribution in [0.3, 0.4) is 0 Å². The van der Waals surface area contributed by atoms with Crippen LogP contribution in [-0.4, -0.2) is 54.3 Å². The van der Waals surface area contributed by atoms with Gasteiger partial charge in [-0.2, -0.15) is 8.42 Å². The van der Waals surface area contributed by atoms with E-state index in [9.17, 15) is 22.8 Å². The minimum Gasteiger partial charge on any atom is -0.481 e. The zero-order chi connectivity index (χ0) is 25.7. The molecule has 200 valence electrons. The maximum atomic E-state index is 11.8. The molecule has 3 N–H and O–H groups in total. The van der Waals surface area contributed by atoms with Crippen molar-refractivity contribution in [2.75, 3.05) is 13.2 Å². The van der Waals surface area contributed by atoms with E-state index < -0.39 is 33.7 Å². The largest absolute Gasteiger partial charge is 0.481 e. The number of rotatable bonds is 23. The molecule has 0 aromatic carbocycles. The minimum atomic E-state index is -4.89. The number of esters is 1. The minimum absolute atomic E-state index is 0.0193. The molecule has 0 rings (SSSR count). The molecule has 0 aliphatic carbocycles. The third-order valence-electron chi connectivity index (χ3n) is 5.66. The second-order valence-electron chi connectivity index (χ2n) is 8.82. The predicted molar refractivity (Wildman–Crippen MR) is 131 cm³/mol. The fourth-order valence-electron chi connectivity index (χ4n) is 3.65. The lowest BCUT2D eigenvalue weighted by atomic mass is 10.0. The molecule has 0 spiro atoms. The lowest BCUT2D eigenvalue weighted by Crippen LogP contribution is -2.36. The van der Waals surface area contributed by atoms with Crippen molar-refractivity contribution in [1.82, 2.24) is 5.32 Å². The van der Waals surface area contributed by atoms with E-state index in [0.29, 0.717) is 6.42 Å². The van der Waals surface area contributed by atoms with Crippen molar-refractivity contribution < 1.29 is 37.2 Å². The molecule has 0 aromatic heterocycles. The highest BCUT2D eigenvalue weighted by molar-refractivity contribution is 7.87. The van der Waals surface area contributed by atoms with Gasteiger partial charge in [-0.3, -0.25) is 18.9 Å². The first kappa shape index (κ1) is 32.3. The zero-order valence-corrected chi connectivity index (χ0v) is 21.6. The van der Waals surface area contributed by atoms with Gasteiger partial charge in [-0.05, 0) is 6.42 Å². The second-order valence-corrected chi connectivity index (χ2v) is 10.4. The Bertz CT molecular complexity index is 666. The van der Waals surface area contributed by atoms with Crippen molar-refractivity contribution in [3.05, 3.63) is 0 Å². The maximum absolute atomic E-state index is 11.8. The van der Waals surface area contributed by atoms with Crippen molar-refractivity contribution in [2.45, 2.75) is 121 Å². The van der Waals surface area contributed by atoms with Crippen LogP contribution in [0.15, 0.2) is 0 Å². The number of carboxylic acid groups (broad SMARTS) is 1. The molecule has 0 aliphatic heterocycles. The van der Waals surface area contributed by atoms with Gasteiger partial charge >= 0.3 is 11.9 Å². The van der Waals surface area contributed by atoms with Crippen LogP contribution < -0.4 is 5.32 Å². The van der Waals surface area contributed by atoms with E-state index in [2.05, 4.69) is 17.0 Å². The molecule has 0 bridgehead atoms. The number of ether oxygens (including phenoxy) is 1. The lowest BCUT2D eigenvalue weighted by Gasteiger charge is -2.12. The van der Waals surface area contributed by atoms with Gasteiger partial charge in [0.2, 0.25) is 5.91 Å². The van der Waals surface area contributed by atoms with Gasteiger partial charge in [0.25, 0.3) is 10.1 Å². The molecule has 0 aliphatic rings. The number of hydrogen-bond acceptors (Lipinski definition) is 6. The van der Waals surface area contributed by atoms with Crippen molar-refractivity contribution in [3.63, 3.8) is 0 Å². The van der Waals surface area contributed by atoms with Crippen LogP contribution in [0, 0.1) is 0 Å². The molecule has 0 fully saturated rings. The zero-order valence-electron chi connectivity index (χ0n) is 20.8. The van der Waals surface area contributed by atoms with Crippen LogP contribution in [0.25, 0.3) is 0 Å². The fraction of sp³-hybridized carbons (Fsp3) is 0.875. The number of carbonyl (C=O) groups excluding carboxylic acids is 2. The Kier molecular flexibility index (Phi) is 19.7. The van der Waals surface area contributed by atoms with Gasteiger partial charge in [-0.15, -0.1) is 0 Å². The summed E-state index contributed by atoms with van der Waals surface area (Å²) in [6, 6.07) is 0. The van der Waals surface area contributed by atoms with Gasteiger partial charge in [0.05, 0.1) is 13.0 Å². The average Bonchev–Trinajstić information content (AvgIpc) is 2.76. The van der Waals surface area contributed by atoms with Gasteiger partial charge in [-0.1, -0.05) is 96.8 Å². The highest BCUT2D eigenvalue weighted by Gasteiger charge is 2.34. The molecule has 0 saturated heterocycles. The molecule has 0 saturated carbocycles. The van der Waals surface area contributed by atoms with Crippen LogP contribution in [0.4, 0.5) is 0 Å². The van der Waals surface area contributed by atoms with Crippen LogP contribution in [0.5, 0.6) is 0 Å². The highest BCUT2D eigenvalue weighted by atomic mass is 32.2. The van der Waals surface area contributed by atoms with Crippen LogP contribution in [0.1, 0.15) is 116 Å². The van der Waals surface area contributed by atoms with E-state index in [1.165, 1.54) is 77.0 Å². The summed E-state index contributed by atoms with van der Waals surface area (Å²) in [5, 5.41) is 9.01. The summed E-state index contributed by atoms with van der Waals surface area (Å²) >= 11 is 0. The number of hydrogen-bond donors (Lipinski definition) is 3. The predicted octanol–water partition coefficient (Wildman–Crippen LogP) is 4.64. The molecule has 0 radical (unpaired) electrons. The van der Waals surface area contributed by atoms with Gasteiger partial charge < -0.3 is 15.2 Å². The summed E-state index contributed by atoms with van der Waals surface area (Å²) in [6.45, 7) is 1.91. The molecular formula is C24H45NO8S. The van der Waals surface area contributed by atoms with Gasteiger partial charge in [-0.25, -0.2) is 0 Å². The number of amides is 1. The summed E-state index contributed by atoms with van der Waals surface area (Å²) in [4.78, 5) is 34.1. The van der Waals surface area contributed by atoms with Crippen molar-refractivity contribution >= 4 is 28.0 Å². The average molecular weight is 508 g/mol. The topological polar surface area (TPSA) is 147 Å². The highest BCUT2D eigenvalue weighted by Crippen LogP contribution is 2.13. The Morgan fingerprint density at radius 2 is 1.24 bits per heavy atom. The van der Waals surface area contributed by atoms with Gasteiger partial charge in [0, 0.05) is 6.42 Å². The van der Waals surface area contributed by atoms with E-state index in [-0.39, 0.29) is 19.1 Å². The number of unbranched alkanes of at least 4 members (excludes halogenated alkanes) is 14. The quantitative estimate of drug-likeness (QED) is 0.103. The van der Waals surface area contributed by atoms with E-state index in [1.807, 2.05) is 0 Å². The molecule has 0 heterocycles. The van der Waals surface area contributed by atoms with Crippen molar-refractivity contribution in [1.29, 1.82) is 0 Å². The molecule has 9 nitrogen and oxygen atoms in total. The van der Waals surface area contributed by atoms with Crippen LogP contribution in [-0.2, 0) is 29.2 Å². The standard InChI is InChI=1S/C24H45NO8S/c1-2-3-4-5-6-7-8-9-10-11-12-13-14-15-16-17-22(26)25-18-19-33-24(29)21(20-23(27)28)34(30,31)32/h21H,2-20H2,1H3,(H,25,26)(H,27,28)(H,30,31,32). The second kappa shape index (κ2) is 20.7. The summed E-state index contributed by atoms with van der Waals surface area (Å²) in [7, 11) is -4.89. The monoisotopic (exact) mass is 507 g/mol. The Labute approximate surface area is 205 Å². The van der Waals surface area contributed by atoms with Gasteiger partial charge in [0.1, 0.15) is 6.61 Å². The Hall–Kier alpha value is -1.68. The maximum Gasteiger partial charge on any atom is 0.327 e. The summed E-state index contributed by atoms with van der Waals surface area (Å²) in [5.74, 6) is -3.11. The fourth-order valence-corrected chi connectivity index (χ4v) is 4.31. The first-order valence-corrected chi connectivity index (χ1v) is 14.3. The Morgan fingerprint density at radius 3 is 1.65 bits per heavy atom. The van der Waals surface area contributed by atoms with Crippen LogP contribution in [0.2, 0.25) is 0 Å². The summed E-state index contributed by atoms with van der Waals surface area (Å²) in [6.07, 6.45) is 18.0. The Morgan fingerprint density at radius 1 is 0.794 bits per heavy atom. The van der Waals surface area contributed by atoms with E-state index >= 15 is 0 Å². The molecular weight excluding hydrogens is 462 g/mol. The van der Waals surface area contributed by atoms with Crippen LogP contribution >= 0.6 is 0 Å². The SMILES string of the molecule is CCCCCCCCCCCCCCCCCC(=O)NCCOC(=O)C(CC(=O)O)S(=O)(=O)O. The lowest BCUT2D eigenvalue weighted by molar-refractivity contribution is -0.147. The number of aliphatic carboxylic acids is 1. The van der Waals surface area contributed by atoms with Crippen molar-refractivity contribution in [2.24, 2.45) is 0 Å². The number of carboxylic acids is 1. The van der Waals surface area contributed by atoms with Gasteiger partial charge in [0.15, 0.2) is 5.25 Å². The first-order chi connectivity index (χ1) is 16.2. The van der Waals surface area contributed by atoms with Crippen molar-refractivity contribution in [3.8, 4) is 0 Å². The third kappa shape index (κ3) is 19.8. The summed E-state index contributed by atoms with van der Waals surface area (Å²) < 4.78 is 35.8. The smallest absolute Gasteiger partial charge is 0.327 e. The molecule has 0 aromatic rings. The van der Waals surface area contributed by atoms with E-state index in [4.69, 9.17) is 9.66 Å². The molecule has 1 unspecified atom stereocenters. The molecule has 10 heteroatoms. The number of carbonyl (C=O) groups is 3. The molecule has 1 atom stereocenters. The molecule has 1 amide bonds. The first-order valence-electron chi connectivity index (χ1n) is 12.8. The van der Waals surface area contributed by atoms with E-state index in [0.717, 1.165) is 19.3 Å².